The summed E-state index contributed by atoms with van der Waals surface area (Å²) >= 11 is 0. The molecule has 0 bridgehead atoms. The lowest BCUT2D eigenvalue weighted by Gasteiger charge is -2.34. The van der Waals surface area contributed by atoms with Gasteiger partial charge in [0.1, 0.15) is 0 Å². The molecule has 3 rings (SSSR count). The van der Waals surface area contributed by atoms with Crippen molar-refractivity contribution < 1.29 is 0 Å². The van der Waals surface area contributed by atoms with Crippen LogP contribution in [0.25, 0.3) is 0 Å². The molecule has 2 saturated carbocycles. The number of nitrogens with one attached hydrogen (secondary N) is 1. The molecule has 2 aliphatic rings. The quantitative estimate of drug-likeness (QED) is 0.631. The van der Waals surface area contributed by atoms with Gasteiger partial charge in [-0.15, -0.1) is 0 Å². The van der Waals surface area contributed by atoms with Crippen LogP contribution >= 0.6 is 0 Å². The van der Waals surface area contributed by atoms with Gasteiger partial charge in [-0.25, -0.2) is 0 Å². The van der Waals surface area contributed by atoms with Gasteiger partial charge in [0.25, 0.3) is 0 Å². The molecule has 1 aromatic carbocycles. The highest BCUT2D eigenvalue weighted by Crippen LogP contribution is 2.52. The van der Waals surface area contributed by atoms with Crippen molar-refractivity contribution in [2.24, 2.45) is 23.6 Å². The fraction of sp³-hybridized carbons (Fsp3) is 0.667. The fourth-order valence-corrected chi connectivity index (χ4v) is 4.33. The average Bonchev–Trinajstić information content (AvgIpc) is 3.30. The maximum atomic E-state index is 5.92. The van der Waals surface area contributed by atoms with Crippen LogP contribution in [0, 0.1) is 17.8 Å². The van der Waals surface area contributed by atoms with E-state index in [2.05, 4.69) is 42.7 Å². The minimum Gasteiger partial charge on any atom is -0.271 e. The third-order valence-electron chi connectivity index (χ3n) is 5.63. The largest absolute Gasteiger partial charge is 0.271 e. The van der Waals surface area contributed by atoms with E-state index in [0.717, 1.165) is 23.7 Å². The Hall–Kier alpha value is -0.860. The van der Waals surface area contributed by atoms with Crippen LogP contribution in [0.1, 0.15) is 56.9 Å². The van der Waals surface area contributed by atoms with Crippen LogP contribution in [0.4, 0.5) is 0 Å². The molecular formula is C18H28N2. The highest BCUT2D eigenvalue weighted by atomic mass is 15.2. The van der Waals surface area contributed by atoms with Crippen molar-refractivity contribution >= 4 is 0 Å². The average molecular weight is 272 g/mol. The second-order valence-electron chi connectivity index (χ2n) is 6.81. The van der Waals surface area contributed by atoms with E-state index in [4.69, 9.17) is 5.84 Å². The van der Waals surface area contributed by atoms with E-state index in [1.54, 1.807) is 0 Å². The minimum absolute atomic E-state index is 0.523. The number of hydrazine groups is 1. The summed E-state index contributed by atoms with van der Waals surface area (Å²) in [6, 6.07) is 11.5. The highest BCUT2D eigenvalue weighted by molar-refractivity contribution is 5.26. The standard InChI is InChI=1S/C18H28N2/c1-2-13-7-6-10-15(11-13)18(20-19)17-12-16(17)14-8-4-3-5-9-14/h3-5,8-9,13,15-18,20H,2,6-7,10-12,19H2,1H3. The van der Waals surface area contributed by atoms with Gasteiger partial charge in [0.15, 0.2) is 0 Å². The Kier molecular flexibility index (Phi) is 4.42. The van der Waals surface area contributed by atoms with Crippen molar-refractivity contribution in [2.75, 3.05) is 0 Å². The molecule has 5 atom stereocenters. The number of rotatable bonds is 5. The first kappa shape index (κ1) is 14.1. The zero-order valence-corrected chi connectivity index (χ0v) is 12.6. The van der Waals surface area contributed by atoms with Crippen molar-refractivity contribution in [1.29, 1.82) is 0 Å². The summed E-state index contributed by atoms with van der Waals surface area (Å²) in [6.45, 7) is 2.34. The summed E-state index contributed by atoms with van der Waals surface area (Å²) in [5.41, 5.74) is 4.68. The summed E-state index contributed by atoms with van der Waals surface area (Å²) in [6.07, 6.45) is 8.21. The minimum atomic E-state index is 0.523. The highest BCUT2D eigenvalue weighted by Gasteiger charge is 2.46. The molecule has 2 heteroatoms. The molecule has 0 heterocycles. The van der Waals surface area contributed by atoms with E-state index < -0.39 is 0 Å². The third-order valence-corrected chi connectivity index (χ3v) is 5.63. The number of benzene rings is 1. The lowest BCUT2D eigenvalue weighted by molar-refractivity contribution is 0.194. The Morgan fingerprint density at radius 1 is 1.20 bits per heavy atom. The maximum absolute atomic E-state index is 5.92. The van der Waals surface area contributed by atoms with Crippen molar-refractivity contribution in [1.82, 2.24) is 5.43 Å². The summed E-state index contributed by atoms with van der Waals surface area (Å²) < 4.78 is 0. The van der Waals surface area contributed by atoms with Gasteiger partial charge < -0.3 is 0 Å². The predicted molar refractivity (Wildman–Crippen MR) is 84.1 cm³/mol. The number of nitrogens with two attached hydrogens (primary N) is 1. The zero-order valence-electron chi connectivity index (χ0n) is 12.6. The maximum Gasteiger partial charge on any atom is 0.0273 e. The molecule has 0 radical (unpaired) electrons. The molecule has 2 aliphatic carbocycles. The van der Waals surface area contributed by atoms with Crippen LogP contribution in [-0.2, 0) is 0 Å². The van der Waals surface area contributed by atoms with E-state index in [-0.39, 0.29) is 0 Å². The predicted octanol–water partition coefficient (Wildman–Crippen LogP) is 3.84. The lowest BCUT2D eigenvalue weighted by atomic mass is 9.75. The molecule has 0 amide bonds. The molecule has 2 nitrogen and oxygen atoms in total. The summed E-state index contributed by atoms with van der Waals surface area (Å²) in [5, 5.41) is 0. The summed E-state index contributed by atoms with van der Waals surface area (Å²) in [4.78, 5) is 0. The van der Waals surface area contributed by atoms with Gasteiger partial charge >= 0.3 is 0 Å². The third kappa shape index (κ3) is 2.91. The lowest BCUT2D eigenvalue weighted by Crippen LogP contribution is -2.44. The Labute approximate surface area is 123 Å². The van der Waals surface area contributed by atoms with E-state index >= 15 is 0 Å². The molecule has 0 saturated heterocycles. The SMILES string of the molecule is CCC1CCCC(C(NN)C2CC2c2ccccc2)C1. The molecule has 110 valence electrons. The Morgan fingerprint density at radius 3 is 2.70 bits per heavy atom. The van der Waals surface area contributed by atoms with Gasteiger partial charge in [-0.2, -0.15) is 0 Å². The smallest absolute Gasteiger partial charge is 0.0273 e. The first-order valence-electron chi connectivity index (χ1n) is 8.34. The van der Waals surface area contributed by atoms with Crippen LogP contribution in [-0.4, -0.2) is 6.04 Å². The van der Waals surface area contributed by atoms with Crippen LogP contribution in [0.15, 0.2) is 30.3 Å². The van der Waals surface area contributed by atoms with Crippen LogP contribution in [0.3, 0.4) is 0 Å². The molecular weight excluding hydrogens is 244 g/mol. The van der Waals surface area contributed by atoms with Crippen molar-refractivity contribution in [3.05, 3.63) is 35.9 Å². The van der Waals surface area contributed by atoms with Crippen LogP contribution in [0.2, 0.25) is 0 Å². The molecule has 3 N–H and O–H groups in total. The first-order chi connectivity index (χ1) is 9.83. The first-order valence-corrected chi connectivity index (χ1v) is 8.34. The van der Waals surface area contributed by atoms with E-state index in [1.165, 1.54) is 44.1 Å². The summed E-state index contributed by atoms with van der Waals surface area (Å²) in [5.74, 6) is 9.13. The Balaban J connectivity index is 1.63. The second kappa shape index (κ2) is 6.28. The monoisotopic (exact) mass is 272 g/mol. The van der Waals surface area contributed by atoms with Crippen LogP contribution < -0.4 is 11.3 Å². The molecule has 0 aliphatic heterocycles. The molecule has 20 heavy (non-hydrogen) atoms. The van der Waals surface area contributed by atoms with Crippen molar-refractivity contribution in [2.45, 2.75) is 57.4 Å². The van der Waals surface area contributed by atoms with Gasteiger partial charge in [0.2, 0.25) is 0 Å². The van der Waals surface area contributed by atoms with Gasteiger partial charge in [-0.1, -0.05) is 56.5 Å². The Bertz CT molecular complexity index is 417. The van der Waals surface area contributed by atoms with Gasteiger partial charge in [0.05, 0.1) is 0 Å². The molecule has 0 aromatic heterocycles. The normalized spacial score (nSPS) is 34.7. The molecule has 5 unspecified atom stereocenters. The second-order valence-corrected chi connectivity index (χ2v) is 6.81. The van der Waals surface area contributed by atoms with Gasteiger partial charge in [-0.05, 0) is 48.5 Å². The van der Waals surface area contributed by atoms with E-state index in [9.17, 15) is 0 Å². The summed E-state index contributed by atoms with van der Waals surface area (Å²) in [7, 11) is 0. The van der Waals surface area contributed by atoms with E-state index in [1.807, 2.05) is 0 Å². The molecule has 0 spiro atoms. The van der Waals surface area contributed by atoms with Crippen LogP contribution in [0.5, 0.6) is 0 Å². The number of hydrogen-bond acceptors (Lipinski definition) is 2. The fourth-order valence-electron chi connectivity index (χ4n) is 4.33. The van der Waals surface area contributed by atoms with E-state index in [0.29, 0.717) is 6.04 Å². The van der Waals surface area contributed by atoms with Crippen molar-refractivity contribution in [3.8, 4) is 0 Å². The van der Waals surface area contributed by atoms with Crippen molar-refractivity contribution in [3.63, 3.8) is 0 Å². The number of hydrogen-bond donors (Lipinski definition) is 2. The molecule has 2 fully saturated rings. The van der Waals surface area contributed by atoms with Gasteiger partial charge in [-0.3, -0.25) is 11.3 Å². The Morgan fingerprint density at radius 2 is 2.00 bits per heavy atom. The zero-order chi connectivity index (χ0) is 13.9. The van der Waals surface area contributed by atoms with Gasteiger partial charge in [0, 0.05) is 6.04 Å². The topological polar surface area (TPSA) is 38.0 Å². The molecule has 1 aromatic rings.